The van der Waals surface area contributed by atoms with Gasteiger partial charge in [-0.1, -0.05) is 48.2 Å². The Hall–Kier alpha value is -3.20. The third kappa shape index (κ3) is 5.00. The monoisotopic (exact) mass is 411 g/mol. The highest BCUT2D eigenvalue weighted by Crippen LogP contribution is 2.26. The van der Waals surface area contributed by atoms with Crippen molar-refractivity contribution in [2.24, 2.45) is 0 Å². The van der Waals surface area contributed by atoms with Crippen LogP contribution in [0.5, 0.6) is 0 Å². The average Bonchev–Trinajstić information content (AvgIpc) is 3.14. The van der Waals surface area contributed by atoms with Gasteiger partial charge in [0.15, 0.2) is 11.0 Å². The first-order chi connectivity index (χ1) is 14.0. The van der Waals surface area contributed by atoms with Crippen molar-refractivity contribution in [2.45, 2.75) is 32.1 Å². The molecule has 0 aliphatic heterocycles. The summed E-state index contributed by atoms with van der Waals surface area (Å²) in [7, 11) is 0. The maximum atomic E-state index is 12.2. The van der Waals surface area contributed by atoms with Crippen molar-refractivity contribution in [2.75, 3.05) is 5.75 Å². The van der Waals surface area contributed by atoms with Gasteiger partial charge in [0.1, 0.15) is 0 Å². The molecule has 0 saturated carbocycles. The van der Waals surface area contributed by atoms with Gasteiger partial charge in [0.05, 0.1) is 10.7 Å². The van der Waals surface area contributed by atoms with Crippen molar-refractivity contribution >= 4 is 23.4 Å². The Balaban J connectivity index is 1.59. The molecule has 0 bridgehead atoms. The fraction of sp³-hybridized carbons (Fsp3) is 0.250. The van der Waals surface area contributed by atoms with Gasteiger partial charge in [0, 0.05) is 30.8 Å². The Morgan fingerprint density at radius 1 is 1.17 bits per heavy atom. The summed E-state index contributed by atoms with van der Waals surface area (Å²) in [5.74, 6) is 0.856. The van der Waals surface area contributed by atoms with E-state index in [1.54, 1.807) is 12.1 Å². The van der Waals surface area contributed by atoms with Crippen LogP contribution in [0.4, 0.5) is 5.69 Å². The molecule has 150 valence electrons. The number of rotatable bonds is 8. The molecule has 0 fully saturated rings. The number of carbonyl (C=O) groups is 1. The lowest BCUT2D eigenvalue weighted by Gasteiger charge is -2.09. The fourth-order valence-corrected chi connectivity index (χ4v) is 3.65. The summed E-state index contributed by atoms with van der Waals surface area (Å²) in [6, 6.07) is 14.1. The first-order valence-corrected chi connectivity index (χ1v) is 10.1. The van der Waals surface area contributed by atoms with Crippen LogP contribution < -0.4 is 5.32 Å². The first-order valence-electron chi connectivity index (χ1n) is 9.11. The Labute approximate surface area is 172 Å². The van der Waals surface area contributed by atoms with Crippen LogP contribution in [0.3, 0.4) is 0 Å². The third-order valence-corrected chi connectivity index (χ3v) is 5.36. The van der Waals surface area contributed by atoms with E-state index in [2.05, 4.69) is 15.5 Å². The predicted octanol–water partition coefficient (Wildman–Crippen LogP) is 3.59. The van der Waals surface area contributed by atoms with Crippen LogP contribution in [0.25, 0.3) is 11.4 Å². The minimum absolute atomic E-state index is 0.0268. The number of nitro groups is 1. The van der Waals surface area contributed by atoms with Crippen LogP contribution in [-0.2, 0) is 17.9 Å². The largest absolute Gasteiger partial charge is 0.351 e. The van der Waals surface area contributed by atoms with Gasteiger partial charge >= 0.3 is 0 Å². The number of non-ortho nitro benzene ring substituents is 1. The molecule has 1 amide bonds. The molecule has 1 heterocycles. The van der Waals surface area contributed by atoms with Crippen LogP contribution in [0.2, 0.25) is 0 Å². The maximum Gasteiger partial charge on any atom is 0.269 e. The highest BCUT2D eigenvalue weighted by atomic mass is 32.2. The van der Waals surface area contributed by atoms with E-state index in [0.717, 1.165) is 22.5 Å². The van der Waals surface area contributed by atoms with E-state index in [9.17, 15) is 14.9 Å². The highest BCUT2D eigenvalue weighted by Gasteiger charge is 2.15. The number of amides is 1. The molecule has 8 nitrogen and oxygen atoms in total. The molecule has 0 unspecified atom stereocenters. The lowest BCUT2D eigenvalue weighted by Crippen LogP contribution is -2.24. The number of hydrogen-bond acceptors (Lipinski definition) is 6. The van der Waals surface area contributed by atoms with Gasteiger partial charge in [-0.15, -0.1) is 10.2 Å². The maximum absolute atomic E-state index is 12.2. The van der Waals surface area contributed by atoms with Gasteiger partial charge in [-0.2, -0.15) is 0 Å². The van der Waals surface area contributed by atoms with E-state index in [-0.39, 0.29) is 17.3 Å². The van der Waals surface area contributed by atoms with Crippen LogP contribution in [0.15, 0.2) is 53.7 Å². The van der Waals surface area contributed by atoms with Gasteiger partial charge in [0.2, 0.25) is 5.91 Å². The zero-order valence-electron chi connectivity index (χ0n) is 16.2. The van der Waals surface area contributed by atoms with Crippen LogP contribution in [-0.4, -0.2) is 31.3 Å². The van der Waals surface area contributed by atoms with E-state index in [0.29, 0.717) is 18.2 Å². The number of aromatic nitrogens is 3. The van der Waals surface area contributed by atoms with E-state index >= 15 is 0 Å². The summed E-state index contributed by atoms with van der Waals surface area (Å²) >= 11 is 1.33. The van der Waals surface area contributed by atoms with Crippen molar-refractivity contribution in [1.29, 1.82) is 0 Å². The zero-order valence-corrected chi connectivity index (χ0v) is 17.0. The number of hydrogen-bond donors (Lipinski definition) is 1. The van der Waals surface area contributed by atoms with Crippen molar-refractivity contribution in [3.8, 4) is 11.4 Å². The zero-order chi connectivity index (χ0) is 20.8. The Bertz CT molecular complexity index is 1020. The summed E-state index contributed by atoms with van der Waals surface area (Å²) in [4.78, 5) is 22.4. The summed E-state index contributed by atoms with van der Waals surface area (Å²) in [6.45, 7) is 5.06. The van der Waals surface area contributed by atoms with Crippen molar-refractivity contribution < 1.29 is 9.72 Å². The van der Waals surface area contributed by atoms with E-state index in [1.807, 2.05) is 42.7 Å². The molecule has 0 spiro atoms. The van der Waals surface area contributed by atoms with Gasteiger partial charge < -0.3 is 9.88 Å². The number of nitro benzene ring substituents is 1. The van der Waals surface area contributed by atoms with E-state index in [4.69, 9.17) is 0 Å². The van der Waals surface area contributed by atoms with Gasteiger partial charge in [0.25, 0.3) is 5.69 Å². The third-order valence-electron chi connectivity index (χ3n) is 4.39. The minimum atomic E-state index is -0.450. The normalized spacial score (nSPS) is 10.7. The summed E-state index contributed by atoms with van der Waals surface area (Å²) < 4.78 is 2.00. The van der Waals surface area contributed by atoms with Crippen molar-refractivity contribution in [1.82, 2.24) is 20.1 Å². The standard InChI is InChI=1S/C20H21N5O3S/c1-3-24-19(17-7-5-4-6-14(17)2)22-23-20(24)29-13-18(26)21-12-15-8-10-16(11-9-15)25(27)28/h4-11H,3,12-13H2,1-2H3,(H,21,26). The van der Waals surface area contributed by atoms with Gasteiger partial charge in [-0.05, 0) is 25.0 Å². The lowest BCUT2D eigenvalue weighted by atomic mass is 10.1. The molecule has 3 aromatic rings. The van der Waals surface area contributed by atoms with E-state index < -0.39 is 4.92 Å². The topological polar surface area (TPSA) is 103 Å². The molecule has 0 radical (unpaired) electrons. The van der Waals surface area contributed by atoms with Crippen LogP contribution >= 0.6 is 11.8 Å². The molecule has 0 aliphatic rings. The summed E-state index contributed by atoms with van der Waals surface area (Å²) in [6.07, 6.45) is 0. The molecule has 0 atom stereocenters. The molecule has 3 rings (SSSR count). The molecule has 29 heavy (non-hydrogen) atoms. The molecule has 0 saturated heterocycles. The molecular weight excluding hydrogens is 390 g/mol. The molecule has 1 N–H and O–H groups in total. The number of thioether (sulfide) groups is 1. The average molecular weight is 411 g/mol. The fourth-order valence-electron chi connectivity index (χ4n) is 2.82. The van der Waals surface area contributed by atoms with E-state index in [1.165, 1.54) is 23.9 Å². The number of benzene rings is 2. The number of carbonyl (C=O) groups excluding carboxylic acids is 1. The molecule has 2 aromatic carbocycles. The molecular formula is C20H21N5O3S. The predicted molar refractivity (Wildman–Crippen MR) is 112 cm³/mol. The highest BCUT2D eigenvalue weighted by molar-refractivity contribution is 7.99. The quantitative estimate of drug-likeness (QED) is 0.345. The minimum Gasteiger partial charge on any atom is -0.351 e. The SMILES string of the molecule is CCn1c(SCC(=O)NCc2ccc([N+](=O)[O-])cc2)nnc1-c1ccccc1C. The molecule has 9 heteroatoms. The second-order valence-electron chi connectivity index (χ2n) is 6.35. The Morgan fingerprint density at radius 3 is 2.55 bits per heavy atom. The molecule has 1 aromatic heterocycles. The Kier molecular flexibility index (Phi) is 6.61. The summed E-state index contributed by atoms with van der Waals surface area (Å²) in [5.41, 5.74) is 2.97. The van der Waals surface area contributed by atoms with Crippen molar-refractivity contribution in [3.05, 3.63) is 69.8 Å². The van der Waals surface area contributed by atoms with Gasteiger partial charge in [-0.3, -0.25) is 14.9 Å². The number of aryl methyl sites for hydroxylation is 1. The lowest BCUT2D eigenvalue weighted by molar-refractivity contribution is -0.384. The summed E-state index contributed by atoms with van der Waals surface area (Å²) in [5, 5.41) is 22.8. The van der Waals surface area contributed by atoms with Gasteiger partial charge in [-0.25, -0.2) is 0 Å². The Morgan fingerprint density at radius 2 is 1.90 bits per heavy atom. The molecule has 0 aliphatic carbocycles. The second-order valence-corrected chi connectivity index (χ2v) is 7.30. The van der Waals surface area contributed by atoms with Crippen LogP contribution in [0.1, 0.15) is 18.1 Å². The van der Waals surface area contributed by atoms with Crippen LogP contribution in [0, 0.1) is 17.0 Å². The smallest absolute Gasteiger partial charge is 0.269 e. The number of nitrogens with one attached hydrogen (secondary N) is 1. The first kappa shape index (κ1) is 20.5. The van der Waals surface area contributed by atoms with Crippen molar-refractivity contribution in [3.63, 3.8) is 0 Å². The second kappa shape index (κ2) is 9.33. The number of nitrogens with zero attached hydrogens (tertiary/aromatic N) is 4.